The summed E-state index contributed by atoms with van der Waals surface area (Å²) in [7, 11) is 0. The van der Waals surface area contributed by atoms with Crippen molar-refractivity contribution in [2.75, 3.05) is 13.2 Å². The zero-order valence-electron chi connectivity index (χ0n) is 48.7. The summed E-state index contributed by atoms with van der Waals surface area (Å²) in [5.41, 5.74) is 0. The fourth-order valence-electron chi connectivity index (χ4n) is 7.99. The minimum Gasteiger partial charge on any atom is -0.462 e. The summed E-state index contributed by atoms with van der Waals surface area (Å²) in [4.78, 5) is 24.6. The topological polar surface area (TPSA) is 72.8 Å². The molecule has 1 unspecified atom stereocenters. The first-order valence-electron chi connectivity index (χ1n) is 30.7. The zero-order chi connectivity index (χ0) is 54.8. The SMILES string of the molecule is CC/C=C\C/C=C\C/C=C\C/C=C\C/C=C\C/C=C\C/C=C\C/C=C\C/C=C\CCCCCCCCCCCCCC(=O)OC(CO)COC(=O)CCCCCCCCC/C=C\C/C=C\C/C=C\C/C=C\C/C=C\CC. The Morgan fingerprint density at radius 1 is 0.303 bits per heavy atom. The predicted molar refractivity (Wildman–Crippen MR) is 333 cm³/mol. The molecular formula is C71H112O5. The van der Waals surface area contributed by atoms with Gasteiger partial charge in [-0.1, -0.05) is 274 Å². The number of carbonyl (C=O) groups is 2. The van der Waals surface area contributed by atoms with Crippen molar-refractivity contribution in [3.63, 3.8) is 0 Å². The lowest BCUT2D eigenvalue weighted by molar-refractivity contribution is -0.161. The summed E-state index contributed by atoms with van der Waals surface area (Å²) < 4.78 is 10.7. The smallest absolute Gasteiger partial charge is 0.306 e. The molecule has 0 amide bonds. The first kappa shape index (κ1) is 71.3. The van der Waals surface area contributed by atoms with Gasteiger partial charge in [-0.3, -0.25) is 9.59 Å². The van der Waals surface area contributed by atoms with Crippen LogP contribution in [0.4, 0.5) is 0 Å². The van der Waals surface area contributed by atoms with Crippen LogP contribution >= 0.6 is 0 Å². The Morgan fingerprint density at radius 2 is 0.526 bits per heavy atom. The Hall–Kier alpha value is -4.74. The van der Waals surface area contributed by atoms with E-state index in [0.29, 0.717) is 12.8 Å². The molecule has 76 heavy (non-hydrogen) atoms. The van der Waals surface area contributed by atoms with E-state index in [-0.39, 0.29) is 25.2 Å². The van der Waals surface area contributed by atoms with E-state index in [0.717, 1.165) is 135 Å². The number of hydrogen-bond acceptors (Lipinski definition) is 5. The fourth-order valence-corrected chi connectivity index (χ4v) is 7.99. The number of hydrogen-bond donors (Lipinski definition) is 1. The number of aliphatic hydroxyl groups is 1. The van der Waals surface area contributed by atoms with E-state index in [1.165, 1.54) is 83.5 Å². The molecule has 0 aromatic carbocycles. The van der Waals surface area contributed by atoms with E-state index in [1.54, 1.807) is 0 Å². The monoisotopic (exact) mass is 1040 g/mol. The van der Waals surface area contributed by atoms with Crippen molar-refractivity contribution in [3.8, 4) is 0 Å². The molecule has 0 heterocycles. The van der Waals surface area contributed by atoms with Crippen LogP contribution in [-0.2, 0) is 19.1 Å². The number of rotatable bonds is 54. The van der Waals surface area contributed by atoms with E-state index in [4.69, 9.17) is 9.47 Å². The number of carbonyl (C=O) groups excluding carboxylic acids is 2. The van der Waals surface area contributed by atoms with Crippen LogP contribution < -0.4 is 0 Å². The van der Waals surface area contributed by atoms with E-state index in [2.05, 4.69) is 184 Å². The third-order valence-electron chi connectivity index (χ3n) is 12.5. The Kier molecular flexibility index (Phi) is 60.5. The number of unbranched alkanes of at least 4 members (excludes halogenated alkanes) is 18. The molecule has 0 rings (SSSR count). The van der Waals surface area contributed by atoms with Gasteiger partial charge in [0.25, 0.3) is 0 Å². The van der Waals surface area contributed by atoms with Crippen LogP contribution in [-0.4, -0.2) is 36.4 Å². The van der Waals surface area contributed by atoms with Crippen LogP contribution in [0.15, 0.2) is 170 Å². The van der Waals surface area contributed by atoms with E-state index in [9.17, 15) is 14.7 Å². The molecule has 0 aromatic heterocycles. The molecule has 0 saturated carbocycles. The molecule has 5 nitrogen and oxygen atoms in total. The molecule has 0 aromatic rings. The van der Waals surface area contributed by atoms with E-state index in [1.807, 2.05) is 0 Å². The standard InChI is InChI=1S/C71H112O5/c1-3-5-7-9-11-13-15-17-19-21-23-25-27-28-29-30-31-32-33-34-35-36-37-38-39-40-41-42-44-46-48-50-52-54-56-58-60-62-64-66-71(74)76-69(67-72)68-75-70(73)65-63-61-59-57-55-53-51-49-47-45-43-26-24-22-20-18-16-14-12-10-8-6-4-2/h5-8,11-14,17-20,23-26,28-29,31-32,34-35,37-38,40-41,45,47,69,72H,3-4,9-10,15-16,21-22,27,30,33,36,39,42-44,46,48-68H2,1-2H3/b7-5-,8-6-,13-11-,14-12-,19-17-,20-18-,25-23-,26-24-,29-28-,32-31-,35-34-,38-37-,41-40-,47-45-. The number of ether oxygens (including phenoxy) is 2. The van der Waals surface area contributed by atoms with Crippen molar-refractivity contribution in [2.24, 2.45) is 0 Å². The van der Waals surface area contributed by atoms with E-state index >= 15 is 0 Å². The van der Waals surface area contributed by atoms with Gasteiger partial charge >= 0.3 is 11.9 Å². The minimum absolute atomic E-state index is 0.0827. The maximum absolute atomic E-state index is 12.3. The molecular weight excluding hydrogens is 933 g/mol. The van der Waals surface area contributed by atoms with Crippen molar-refractivity contribution < 1.29 is 24.2 Å². The first-order valence-corrected chi connectivity index (χ1v) is 30.7. The molecule has 0 radical (unpaired) electrons. The molecule has 0 aliphatic rings. The maximum Gasteiger partial charge on any atom is 0.306 e. The molecule has 0 aliphatic heterocycles. The van der Waals surface area contributed by atoms with Crippen LogP contribution in [0.1, 0.15) is 245 Å². The average molecular weight is 1050 g/mol. The lowest BCUT2D eigenvalue weighted by atomic mass is 10.0. The largest absolute Gasteiger partial charge is 0.462 e. The number of allylic oxidation sites excluding steroid dienone is 28. The van der Waals surface area contributed by atoms with Crippen LogP contribution in [0, 0.1) is 0 Å². The second-order valence-corrected chi connectivity index (χ2v) is 19.7. The Labute approximate surface area is 468 Å². The van der Waals surface area contributed by atoms with E-state index < -0.39 is 6.10 Å². The van der Waals surface area contributed by atoms with Crippen LogP contribution in [0.3, 0.4) is 0 Å². The van der Waals surface area contributed by atoms with Gasteiger partial charge in [0, 0.05) is 12.8 Å². The molecule has 426 valence electrons. The summed E-state index contributed by atoms with van der Waals surface area (Å²) in [5.74, 6) is -0.616. The summed E-state index contributed by atoms with van der Waals surface area (Å²) in [5, 5.41) is 9.67. The highest BCUT2D eigenvalue weighted by atomic mass is 16.6. The third kappa shape index (κ3) is 61.8. The second kappa shape index (κ2) is 64.5. The van der Waals surface area contributed by atoms with Gasteiger partial charge in [-0.25, -0.2) is 0 Å². The Bertz CT molecular complexity index is 1700. The van der Waals surface area contributed by atoms with Crippen LogP contribution in [0.2, 0.25) is 0 Å². The molecule has 0 spiro atoms. The maximum atomic E-state index is 12.3. The molecule has 1 N–H and O–H groups in total. The van der Waals surface area contributed by atoms with Gasteiger partial charge in [0.05, 0.1) is 6.61 Å². The van der Waals surface area contributed by atoms with Gasteiger partial charge in [-0.05, 0) is 128 Å². The normalized spacial score (nSPS) is 13.5. The van der Waals surface area contributed by atoms with Crippen molar-refractivity contribution >= 4 is 11.9 Å². The second-order valence-electron chi connectivity index (χ2n) is 19.7. The van der Waals surface area contributed by atoms with Gasteiger partial charge < -0.3 is 14.6 Å². The quantitative estimate of drug-likeness (QED) is 0.0373. The van der Waals surface area contributed by atoms with Gasteiger partial charge in [0.15, 0.2) is 6.10 Å². The first-order chi connectivity index (χ1) is 37.6. The fraction of sp³-hybridized carbons (Fsp3) is 0.577. The number of aliphatic hydroxyl groups excluding tert-OH is 1. The highest BCUT2D eigenvalue weighted by Gasteiger charge is 2.16. The molecule has 0 bridgehead atoms. The van der Waals surface area contributed by atoms with Gasteiger partial charge in [-0.2, -0.15) is 0 Å². The average Bonchev–Trinajstić information content (AvgIpc) is 3.42. The summed E-state index contributed by atoms with van der Waals surface area (Å²) in [6, 6.07) is 0. The number of esters is 2. The lowest BCUT2D eigenvalue weighted by Crippen LogP contribution is -2.28. The highest BCUT2D eigenvalue weighted by molar-refractivity contribution is 5.70. The minimum atomic E-state index is -0.792. The summed E-state index contributed by atoms with van der Waals surface area (Å²) in [6.45, 7) is 3.90. The lowest BCUT2D eigenvalue weighted by Gasteiger charge is -2.15. The van der Waals surface area contributed by atoms with Crippen LogP contribution in [0.5, 0.6) is 0 Å². The highest BCUT2D eigenvalue weighted by Crippen LogP contribution is 2.15. The zero-order valence-corrected chi connectivity index (χ0v) is 48.7. The van der Waals surface area contributed by atoms with Crippen LogP contribution in [0.25, 0.3) is 0 Å². The Balaban J connectivity index is 3.59. The summed E-state index contributed by atoms with van der Waals surface area (Å²) in [6.07, 6.45) is 100. The third-order valence-corrected chi connectivity index (χ3v) is 12.5. The molecule has 5 heteroatoms. The van der Waals surface area contributed by atoms with Gasteiger partial charge in [0.2, 0.25) is 0 Å². The molecule has 0 fully saturated rings. The van der Waals surface area contributed by atoms with Crippen molar-refractivity contribution in [1.82, 2.24) is 0 Å². The van der Waals surface area contributed by atoms with Crippen molar-refractivity contribution in [1.29, 1.82) is 0 Å². The van der Waals surface area contributed by atoms with Gasteiger partial charge in [0.1, 0.15) is 6.61 Å². The Morgan fingerprint density at radius 3 is 0.789 bits per heavy atom. The van der Waals surface area contributed by atoms with Gasteiger partial charge in [-0.15, -0.1) is 0 Å². The molecule has 0 aliphatic carbocycles. The molecule has 0 saturated heterocycles. The summed E-state index contributed by atoms with van der Waals surface area (Å²) >= 11 is 0. The van der Waals surface area contributed by atoms with Crippen molar-refractivity contribution in [2.45, 2.75) is 251 Å². The van der Waals surface area contributed by atoms with Crippen molar-refractivity contribution in [3.05, 3.63) is 170 Å². The predicted octanol–water partition coefficient (Wildman–Crippen LogP) is 21.3. The molecule has 1 atom stereocenters.